The molecule has 0 saturated heterocycles. The molecule has 0 heteroatoms. The van der Waals surface area contributed by atoms with Gasteiger partial charge in [0.05, 0.1) is 0 Å². The van der Waals surface area contributed by atoms with Gasteiger partial charge in [-0.1, -0.05) is 30.7 Å². The molecule has 0 bridgehead atoms. The second-order valence-corrected chi connectivity index (χ2v) is 5.24. The summed E-state index contributed by atoms with van der Waals surface area (Å²) in [5, 5.41) is 0. The van der Waals surface area contributed by atoms with E-state index in [9.17, 15) is 0 Å². The van der Waals surface area contributed by atoms with E-state index in [1.165, 1.54) is 44.1 Å². The minimum absolute atomic E-state index is 0.740. The molecule has 2 atom stereocenters. The van der Waals surface area contributed by atoms with Gasteiger partial charge in [0.2, 0.25) is 0 Å². The van der Waals surface area contributed by atoms with Crippen LogP contribution in [0.5, 0.6) is 0 Å². The third-order valence-corrected chi connectivity index (χ3v) is 4.18. The summed E-state index contributed by atoms with van der Waals surface area (Å²) in [7, 11) is 0. The molecule has 0 heterocycles. The van der Waals surface area contributed by atoms with Gasteiger partial charge in [0.25, 0.3) is 0 Å². The van der Waals surface area contributed by atoms with Crippen molar-refractivity contribution in [2.45, 2.75) is 50.4 Å². The van der Waals surface area contributed by atoms with Crippen molar-refractivity contribution in [3.05, 3.63) is 48.2 Å². The Morgan fingerprint density at radius 1 is 0.875 bits per heavy atom. The second kappa shape index (κ2) is 4.61. The molecular formula is C16H20. The lowest BCUT2D eigenvalue weighted by Crippen LogP contribution is -1.96. The first-order valence-electron chi connectivity index (χ1n) is 6.68. The Morgan fingerprint density at radius 3 is 2.31 bits per heavy atom. The molecular weight excluding hydrogens is 192 g/mol. The topological polar surface area (TPSA) is 0 Å². The summed E-state index contributed by atoms with van der Waals surface area (Å²) in [5.74, 6) is 1.55. The van der Waals surface area contributed by atoms with Crippen molar-refractivity contribution in [1.29, 1.82) is 0 Å². The van der Waals surface area contributed by atoms with E-state index in [2.05, 4.69) is 37.1 Å². The van der Waals surface area contributed by atoms with E-state index in [0.717, 1.165) is 11.8 Å². The van der Waals surface area contributed by atoms with E-state index in [0.29, 0.717) is 0 Å². The molecule has 2 aliphatic carbocycles. The Bertz CT molecular complexity index is 289. The molecule has 3 rings (SSSR count). The van der Waals surface area contributed by atoms with Gasteiger partial charge in [0.1, 0.15) is 0 Å². The molecule has 1 aromatic rings. The van der Waals surface area contributed by atoms with Gasteiger partial charge < -0.3 is 0 Å². The van der Waals surface area contributed by atoms with Crippen LogP contribution in [0.15, 0.2) is 24.3 Å². The van der Waals surface area contributed by atoms with Crippen molar-refractivity contribution in [2.24, 2.45) is 0 Å². The van der Waals surface area contributed by atoms with E-state index >= 15 is 0 Å². The van der Waals surface area contributed by atoms with E-state index in [4.69, 9.17) is 0 Å². The van der Waals surface area contributed by atoms with Crippen LogP contribution in [0.4, 0.5) is 0 Å². The van der Waals surface area contributed by atoms with Crippen LogP contribution in [0.2, 0.25) is 0 Å². The normalized spacial score (nSPS) is 23.0. The summed E-state index contributed by atoms with van der Waals surface area (Å²) >= 11 is 0. The Balaban J connectivity index is 1.73. The van der Waals surface area contributed by atoms with Gasteiger partial charge in [-0.2, -0.15) is 0 Å². The molecule has 2 radical (unpaired) electrons. The highest BCUT2D eigenvalue weighted by Gasteiger charge is 2.19. The van der Waals surface area contributed by atoms with E-state index in [1.807, 2.05) is 0 Å². The zero-order valence-electron chi connectivity index (χ0n) is 9.86. The molecule has 2 saturated carbocycles. The third kappa shape index (κ3) is 2.03. The first-order valence-corrected chi connectivity index (χ1v) is 6.68. The molecule has 0 nitrogen and oxygen atoms in total. The van der Waals surface area contributed by atoms with Crippen LogP contribution in [0.1, 0.15) is 61.5 Å². The second-order valence-electron chi connectivity index (χ2n) is 5.24. The summed E-state index contributed by atoms with van der Waals surface area (Å²) in [6.45, 7) is 0. The van der Waals surface area contributed by atoms with Gasteiger partial charge in [-0.3, -0.25) is 0 Å². The first kappa shape index (κ1) is 10.4. The quantitative estimate of drug-likeness (QED) is 0.670. The molecule has 2 fully saturated rings. The Kier molecular flexibility index (Phi) is 2.99. The van der Waals surface area contributed by atoms with Crippen LogP contribution < -0.4 is 0 Å². The van der Waals surface area contributed by atoms with Crippen molar-refractivity contribution in [1.82, 2.24) is 0 Å². The van der Waals surface area contributed by atoms with Crippen LogP contribution in [0, 0.1) is 12.8 Å². The highest BCUT2D eigenvalue weighted by molar-refractivity contribution is 5.30. The molecule has 84 valence electrons. The standard InChI is InChI=1S/C16H20/c1-2-6-13(5-1)15-9-11-16(12-10-15)14-7-3-4-8-14/h1,7,9-14H,2-6,8H2. The lowest BCUT2D eigenvalue weighted by Gasteiger charge is -2.13. The van der Waals surface area contributed by atoms with Crippen LogP contribution in [-0.4, -0.2) is 0 Å². The molecule has 2 aliphatic rings. The minimum Gasteiger partial charge on any atom is -0.0585 e. The summed E-state index contributed by atoms with van der Waals surface area (Å²) in [6.07, 6.45) is 12.9. The van der Waals surface area contributed by atoms with Gasteiger partial charge in [-0.05, 0) is 67.9 Å². The molecule has 0 amide bonds. The highest BCUT2D eigenvalue weighted by atomic mass is 14.2. The first-order chi connectivity index (χ1) is 7.93. The zero-order chi connectivity index (χ0) is 10.8. The highest BCUT2D eigenvalue weighted by Crippen LogP contribution is 2.36. The Hall–Kier alpha value is -0.780. The average Bonchev–Trinajstić information content (AvgIpc) is 3.03. The molecule has 0 aromatic heterocycles. The fourth-order valence-electron chi connectivity index (χ4n) is 3.15. The van der Waals surface area contributed by atoms with Crippen molar-refractivity contribution < 1.29 is 0 Å². The minimum atomic E-state index is 0.740. The summed E-state index contributed by atoms with van der Waals surface area (Å²) in [4.78, 5) is 0. The summed E-state index contributed by atoms with van der Waals surface area (Å²) < 4.78 is 0. The predicted octanol–water partition coefficient (Wildman–Crippen LogP) is 4.63. The van der Waals surface area contributed by atoms with Crippen molar-refractivity contribution in [3.8, 4) is 0 Å². The Labute approximate surface area is 99.1 Å². The van der Waals surface area contributed by atoms with Gasteiger partial charge in [-0.15, -0.1) is 0 Å². The molecule has 16 heavy (non-hydrogen) atoms. The van der Waals surface area contributed by atoms with Crippen LogP contribution in [-0.2, 0) is 0 Å². The Morgan fingerprint density at radius 2 is 1.69 bits per heavy atom. The smallest absolute Gasteiger partial charge is 0.0131 e. The zero-order valence-corrected chi connectivity index (χ0v) is 9.86. The van der Waals surface area contributed by atoms with E-state index < -0.39 is 0 Å². The lowest BCUT2D eigenvalue weighted by molar-refractivity contribution is 0.727. The van der Waals surface area contributed by atoms with Crippen LogP contribution >= 0.6 is 0 Å². The number of benzene rings is 1. The van der Waals surface area contributed by atoms with Crippen molar-refractivity contribution in [2.75, 3.05) is 0 Å². The fourth-order valence-corrected chi connectivity index (χ4v) is 3.15. The average molecular weight is 212 g/mol. The third-order valence-electron chi connectivity index (χ3n) is 4.18. The maximum Gasteiger partial charge on any atom is -0.0131 e. The maximum absolute atomic E-state index is 2.48. The summed E-state index contributed by atoms with van der Waals surface area (Å²) in [6, 6.07) is 9.46. The van der Waals surface area contributed by atoms with Gasteiger partial charge in [0, 0.05) is 0 Å². The maximum atomic E-state index is 2.48. The number of hydrogen-bond acceptors (Lipinski definition) is 0. The van der Waals surface area contributed by atoms with Crippen LogP contribution in [0.25, 0.3) is 0 Å². The molecule has 0 spiro atoms. The largest absolute Gasteiger partial charge is 0.0585 e. The van der Waals surface area contributed by atoms with Gasteiger partial charge in [-0.25, -0.2) is 0 Å². The predicted molar refractivity (Wildman–Crippen MR) is 68.2 cm³/mol. The molecule has 0 N–H and O–H groups in total. The number of hydrogen-bond donors (Lipinski definition) is 0. The molecule has 0 aliphatic heterocycles. The fraction of sp³-hybridized carbons (Fsp3) is 0.500. The van der Waals surface area contributed by atoms with E-state index in [1.54, 1.807) is 5.56 Å². The van der Waals surface area contributed by atoms with Crippen molar-refractivity contribution >= 4 is 0 Å². The summed E-state index contributed by atoms with van der Waals surface area (Å²) in [5.41, 5.74) is 3.08. The SMILES string of the molecule is [CH]1CCC(c2ccc(C3[CH]CCC3)cc2)C1. The van der Waals surface area contributed by atoms with E-state index in [-0.39, 0.29) is 0 Å². The molecule has 1 aromatic carbocycles. The monoisotopic (exact) mass is 212 g/mol. The van der Waals surface area contributed by atoms with Crippen molar-refractivity contribution in [3.63, 3.8) is 0 Å². The van der Waals surface area contributed by atoms with Gasteiger partial charge in [0.15, 0.2) is 0 Å². The lowest BCUT2D eigenvalue weighted by atomic mass is 9.92. The molecule has 2 unspecified atom stereocenters. The number of rotatable bonds is 2. The van der Waals surface area contributed by atoms with Crippen LogP contribution in [0.3, 0.4) is 0 Å². The van der Waals surface area contributed by atoms with Gasteiger partial charge >= 0.3 is 0 Å².